The Morgan fingerprint density at radius 1 is 0.886 bits per heavy atom. The molecule has 1 N–H and O–H groups in total. The van der Waals surface area contributed by atoms with Gasteiger partial charge in [-0.1, -0.05) is 96.0 Å². The highest BCUT2D eigenvalue weighted by atomic mass is 35.5. The van der Waals surface area contributed by atoms with E-state index in [0.29, 0.717) is 29.4 Å². The highest BCUT2D eigenvalue weighted by Crippen LogP contribution is 2.42. The number of nitrogens with one attached hydrogen (secondary N) is 1. The Morgan fingerprint density at radius 3 is 2.16 bits per heavy atom. The molecule has 44 heavy (non-hydrogen) atoms. The average Bonchev–Trinajstić information content (AvgIpc) is 3.05. The molecule has 0 spiro atoms. The molecule has 1 atom stereocenters. The molecule has 1 unspecified atom stereocenters. The molecule has 1 heterocycles. The van der Waals surface area contributed by atoms with Gasteiger partial charge in [0.25, 0.3) is 0 Å². The van der Waals surface area contributed by atoms with E-state index in [9.17, 15) is 9.18 Å². The van der Waals surface area contributed by atoms with Crippen molar-refractivity contribution < 1.29 is 9.18 Å². The van der Waals surface area contributed by atoms with Crippen molar-refractivity contribution in [3.05, 3.63) is 141 Å². The summed E-state index contributed by atoms with van der Waals surface area (Å²) in [5, 5.41) is 4.38. The van der Waals surface area contributed by atoms with Gasteiger partial charge in [0.05, 0.1) is 10.0 Å². The fraction of sp³-hybridized carbons (Fsp3) is 0.342. The van der Waals surface area contributed by atoms with Crippen LogP contribution in [0.4, 0.5) is 4.39 Å². The van der Waals surface area contributed by atoms with Crippen molar-refractivity contribution >= 4 is 29.1 Å². The van der Waals surface area contributed by atoms with Gasteiger partial charge in [0.15, 0.2) is 0 Å². The summed E-state index contributed by atoms with van der Waals surface area (Å²) in [5.74, 6) is -0.232. The topological polar surface area (TPSA) is 32.3 Å². The van der Waals surface area contributed by atoms with Crippen LogP contribution >= 0.6 is 23.2 Å². The molecule has 0 aromatic heterocycles. The molecule has 5 rings (SSSR count). The highest BCUT2D eigenvalue weighted by molar-refractivity contribution is 6.42. The Hall–Kier alpha value is -3.18. The van der Waals surface area contributed by atoms with Crippen LogP contribution in [0.15, 0.2) is 97.1 Å². The number of carbonyl (C=O) groups is 1. The molecule has 4 aromatic carbocycles. The van der Waals surface area contributed by atoms with Gasteiger partial charge < -0.3 is 5.32 Å². The van der Waals surface area contributed by atoms with E-state index < -0.39 is 0 Å². The lowest BCUT2D eigenvalue weighted by molar-refractivity contribution is -0.121. The summed E-state index contributed by atoms with van der Waals surface area (Å²) in [4.78, 5) is 15.2. The van der Waals surface area contributed by atoms with E-state index >= 15 is 0 Å². The lowest BCUT2D eigenvalue weighted by Gasteiger charge is -2.39. The van der Waals surface area contributed by atoms with Crippen molar-refractivity contribution in [3.63, 3.8) is 0 Å². The molecule has 0 radical (unpaired) electrons. The summed E-state index contributed by atoms with van der Waals surface area (Å²) in [6.07, 6.45) is 5.78. The van der Waals surface area contributed by atoms with Crippen LogP contribution in [0.1, 0.15) is 72.9 Å². The van der Waals surface area contributed by atoms with Crippen LogP contribution in [0.5, 0.6) is 0 Å². The predicted octanol–water partition coefficient (Wildman–Crippen LogP) is 9.35. The third-order valence-corrected chi connectivity index (χ3v) is 9.93. The standard InChI is InChI=1S/C38H41Cl2FN2O/c1-28-34-27-36(40)35(39)26-30(34)20-25-43(28)24-9-22-38(31-10-4-2-5-11-31,32-12-6-3-7-13-32)21-8-23-42-37(44)19-16-29-14-17-33(41)18-15-29/h2-7,10-15,17-18,26-28H,8-9,16,19-25H2,1H3,(H,42,44). The van der Waals surface area contributed by atoms with Gasteiger partial charge in [-0.05, 0) is 104 Å². The van der Waals surface area contributed by atoms with Gasteiger partial charge in [-0.15, -0.1) is 0 Å². The van der Waals surface area contributed by atoms with Crippen LogP contribution in [-0.2, 0) is 23.1 Å². The van der Waals surface area contributed by atoms with E-state index in [0.717, 1.165) is 50.8 Å². The van der Waals surface area contributed by atoms with Crippen LogP contribution in [0, 0.1) is 5.82 Å². The Labute approximate surface area is 271 Å². The summed E-state index contributed by atoms with van der Waals surface area (Å²) in [6.45, 7) is 4.87. The van der Waals surface area contributed by atoms with Gasteiger partial charge in [0.2, 0.25) is 5.91 Å². The number of fused-ring (bicyclic) bond motifs is 1. The molecule has 3 nitrogen and oxygen atoms in total. The minimum atomic E-state index is -0.260. The van der Waals surface area contributed by atoms with Crippen LogP contribution < -0.4 is 5.32 Å². The van der Waals surface area contributed by atoms with Crippen molar-refractivity contribution in [2.45, 2.75) is 63.3 Å². The van der Waals surface area contributed by atoms with E-state index in [1.807, 2.05) is 12.1 Å². The zero-order chi connectivity index (χ0) is 30.9. The molecule has 0 bridgehead atoms. The van der Waals surface area contributed by atoms with Gasteiger partial charge in [-0.25, -0.2) is 4.39 Å². The second-order valence-electron chi connectivity index (χ2n) is 11.9. The maximum atomic E-state index is 13.2. The zero-order valence-corrected chi connectivity index (χ0v) is 26.9. The van der Waals surface area contributed by atoms with Crippen LogP contribution in [0.3, 0.4) is 0 Å². The molecule has 230 valence electrons. The first-order valence-electron chi connectivity index (χ1n) is 15.7. The van der Waals surface area contributed by atoms with Gasteiger partial charge >= 0.3 is 0 Å². The van der Waals surface area contributed by atoms with Gasteiger partial charge in [0.1, 0.15) is 5.82 Å². The zero-order valence-electron chi connectivity index (χ0n) is 25.4. The fourth-order valence-corrected chi connectivity index (χ4v) is 7.11. The summed E-state index contributed by atoms with van der Waals surface area (Å²) in [5.41, 5.74) is 5.99. The Kier molecular flexibility index (Phi) is 11.1. The molecule has 1 aliphatic rings. The minimum Gasteiger partial charge on any atom is -0.356 e. The molecule has 0 aliphatic carbocycles. The predicted molar refractivity (Wildman–Crippen MR) is 180 cm³/mol. The number of aryl methyl sites for hydroxylation is 1. The van der Waals surface area contributed by atoms with Gasteiger partial charge in [-0.3, -0.25) is 9.69 Å². The van der Waals surface area contributed by atoms with Crippen molar-refractivity contribution in [1.29, 1.82) is 0 Å². The van der Waals surface area contributed by atoms with Gasteiger partial charge in [0, 0.05) is 31.0 Å². The van der Waals surface area contributed by atoms with E-state index in [2.05, 4.69) is 77.8 Å². The van der Waals surface area contributed by atoms with Crippen molar-refractivity contribution in [1.82, 2.24) is 10.2 Å². The average molecular weight is 632 g/mol. The van der Waals surface area contributed by atoms with E-state index in [-0.39, 0.29) is 23.2 Å². The fourth-order valence-electron chi connectivity index (χ4n) is 6.75. The number of rotatable bonds is 13. The third-order valence-electron chi connectivity index (χ3n) is 9.21. The smallest absolute Gasteiger partial charge is 0.220 e. The first-order valence-corrected chi connectivity index (χ1v) is 16.5. The number of benzene rings is 4. The molecular weight excluding hydrogens is 590 g/mol. The number of carbonyl (C=O) groups excluding carboxylic acids is 1. The Balaban J connectivity index is 1.26. The summed E-state index contributed by atoms with van der Waals surface area (Å²) < 4.78 is 13.2. The van der Waals surface area contributed by atoms with Crippen LogP contribution in [-0.4, -0.2) is 30.4 Å². The molecule has 6 heteroatoms. The molecule has 0 fully saturated rings. The summed E-state index contributed by atoms with van der Waals surface area (Å²) in [7, 11) is 0. The number of hydrogen-bond donors (Lipinski definition) is 1. The molecule has 0 saturated heterocycles. The largest absolute Gasteiger partial charge is 0.356 e. The van der Waals surface area contributed by atoms with Crippen LogP contribution in [0.25, 0.3) is 0 Å². The molecule has 0 saturated carbocycles. The summed E-state index contributed by atoms with van der Waals surface area (Å²) >= 11 is 12.7. The normalized spacial score (nSPS) is 15.1. The van der Waals surface area contributed by atoms with Crippen molar-refractivity contribution in [2.24, 2.45) is 0 Å². The molecular formula is C38H41Cl2FN2O. The quantitative estimate of drug-likeness (QED) is 0.149. The minimum absolute atomic E-state index is 0.0279. The molecule has 1 amide bonds. The molecule has 1 aliphatic heterocycles. The monoisotopic (exact) mass is 630 g/mol. The Morgan fingerprint density at radius 2 is 1.50 bits per heavy atom. The maximum absolute atomic E-state index is 13.2. The number of nitrogens with zero attached hydrogens (tertiary/aromatic N) is 1. The summed E-state index contributed by atoms with van der Waals surface area (Å²) in [6, 6.07) is 32.4. The Bertz CT molecular complexity index is 1470. The number of hydrogen-bond acceptors (Lipinski definition) is 2. The van der Waals surface area contributed by atoms with Crippen molar-refractivity contribution in [3.8, 4) is 0 Å². The number of halogens is 3. The second-order valence-corrected chi connectivity index (χ2v) is 12.7. The van der Waals surface area contributed by atoms with E-state index in [1.54, 1.807) is 12.1 Å². The van der Waals surface area contributed by atoms with Crippen molar-refractivity contribution in [2.75, 3.05) is 19.6 Å². The molecule has 4 aromatic rings. The van der Waals surface area contributed by atoms with Crippen LogP contribution in [0.2, 0.25) is 10.0 Å². The lowest BCUT2D eigenvalue weighted by atomic mass is 9.68. The maximum Gasteiger partial charge on any atom is 0.220 e. The SMILES string of the molecule is CC1c2cc(Cl)c(Cl)cc2CCN1CCCC(CCCNC(=O)CCc1ccc(F)cc1)(c1ccccc1)c1ccccc1. The third kappa shape index (κ3) is 7.90. The lowest BCUT2D eigenvalue weighted by Crippen LogP contribution is -2.36. The number of amides is 1. The van der Waals surface area contributed by atoms with E-state index in [1.165, 1.54) is 34.4 Å². The van der Waals surface area contributed by atoms with E-state index in [4.69, 9.17) is 23.2 Å². The first kappa shape index (κ1) is 32.2. The van der Waals surface area contributed by atoms with Gasteiger partial charge in [-0.2, -0.15) is 0 Å². The second kappa shape index (κ2) is 15.2. The first-order chi connectivity index (χ1) is 21.4. The highest BCUT2D eigenvalue weighted by Gasteiger charge is 2.34.